The minimum atomic E-state index is -0.0873. The average molecular weight is 281 g/mol. The zero-order chi connectivity index (χ0) is 14.8. The lowest BCUT2D eigenvalue weighted by Gasteiger charge is -2.09. The summed E-state index contributed by atoms with van der Waals surface area (Å²) in [6.45, 7) is 7.65. The van der Waals surface area contributed by atoms with E-state index in [0.29, 0.717) is 26.4 Å². The molecule has 0 heterocycles. The Kier molecular flexibility index (Phi) is 7.69. The maximum Gasteiger partial charge on any atom is 0.221 e. The van der Waals surface area contributed by atoms with E-state index >= 15 is 0 Å². The summed E-state index contributed by atoms with van der Waals surface area (Å²) in [6.07, 6.45) is 0.233. The van der Waals surface area contributed by atoms with Crippen molar-refractivity contribution in [2.45, 2.75) is 26.9 Å². The van der Waals surface area contributed by atoms with E-state index in [4.69, 9.17) is 14.2 Å². The first-order chi connectivity index (χ1) is 9.58. The second kappa shape index (κ2) is 9.34. The largest absolute Gasteiger partial charge is 0.491 e. The number of nitrogens with one attached hydrogen (secondary N) is 1. The zero-order valence-electron chi connectivity index (χ0n) is 12.3. The summed E-state index contributed by atoms with van der Waals surface area (Å²) in [5.41, 5.74) is 0.756. The maximum atomic E-state index is 10.9. The second-order valence-electron chi connectivity index (χ2n) is 4.59. The highest BCUT2D eigenvalue weighted by atomic mass is 16.5. The number of amides is 1. The minimum Gasteiger partial charge on any atom is -0.491 e. The van der Waals surface area contributed by atoms with Crippen molar-refractivity contribution in [1.82, 2.24) is 0 Å². The fourth-order valence-corrected chi connectivity index (χ4v) is 1.50. The summed E-state index contributed by atoms with van der Waals surface area (Å²) in [5, 5.41) is 2.70. The first-order valence-electron chi connectivity index (χ1n) is 6.77. The number of rotatable bonds is 9. The third-order valence-electron chi connectivity index (χ3n) is 2.35. The molecule has 0 aliphatic heterocycles. The van der Waals surface area contributed by atoms with Gasteiger partial charge in [-0.1, -0.05) is 0 Å². The van der Waals surface area contributed by atoms with Crippen LogP contribution in [0, 0.1) is 0 Å². The van der Waals surface area contributed by atoms with Crippen molar-refractivity contribution in [3.63, 3.8) is 0 Å². The van der Waals surface area contributed by atoms with Crippen molar-refractivity contribution >= 4 is 11.6 Å². The van der Waals surface area contributed by atoms with Crippen molar-refractivity contribution < 1.29 is 19.0 Å². The molecule has 20 heavy (non-hydrogen) atoms. The summed E-state index contributed by atoms with van der Waals surface area (Å²) in [6, 6.07) is 7.22. The number of hydrogen-bond acceptors (Lipinski definition) is 4. The standard InChI is InChI=1S/C15H23NO4/c1-12(2)19-10-8-18-9-11-20-15-6-4-14(5-7-15)16-13(3)17/h4-7,12H,8-11H2,1-3H3,(H,16,17). The van der Waals surface area contributed by atoms with Gasteiger partial charge >= 0.3 is 0 Å². The maximum absolute atomic E-state index is 10.9. The first kappa shape index (κ1) is 16.5. The van der Waals surface area contributed by atoms with E-state index in [2.05, 4.69) is 5.32 Å². The molecule has 0 saturated carbocycles. The van der Waals surface area contributed by atoms with Gasteiger partial charge in [-0.2, -0.15) is 0 Å². The van der Waals surface area contributed by atoms with Crippen LogP contribution in [0.25, 0.3) is 0 Å². The molecule has 1 aromatic rings. The molecule has 0 aliphatic carbocycles. The van der Waals surface area contributed by atoms with Gasteiger partial charge in [-0.3, -0.25) is 4.79 Å². The summed E-state index contributed by atoms with van der Waals surface area (Å²) < 4.78 is 16.2. The van der Waals surface area contributed by atoms with E-state index in [1.165, 1.54) is 6.92 Å². The van der Waals surface area contributed by atoms with Crippen LogP contribution in [0.2, 0.25) is 0 Å². The van der Waals surface area contributed by atoms with Gasteiger partial charge in [0, 0.05) is 12.6 Å². The van der Waals surface area contributed by atoms with Gasteiger partial charge in [-0.15, -0.1) is 0 Å². The topological polar surface area (TPSA) is 56.8 Å². The van der Waals surface area contributed by atoms with Gasteiger partial charge in [0.1, 0.15) is 12.4 Å². The number of ether oxygens (including phenoxy) is 3. The average Bonchev–Trinajstić information content (AvgIpc) is 2.38. The molecule has 1 N–H and O–H groups in total. The molecule has 0 fully saturated rings. The third-order valence-corrected chi connectivity index (χ3v) is 2.35. The van der Waals surface area contributed by atoms with Crippen molar-refractivity contribution in [1.29, 1.82) is 0 Å². The summed E-state index contributed by atoms with van der Waals surface area (Å²) >= 11 is 0. The lowest BCUT2D eigenvalue weighted by molar-refractivity contribution is -0.114. The minimum absolute atomic E-state index is 0.0873. The van der Waals surface area contributed by atoms with Crippen LogP contribution in [0.1, 0.15) is 20.8 Å². The summed E-state index contributed by atoms with van der Waals surface area (Å²) in [4.78, 5) is 10.9. The quantitative estimate of drug-likeness (QED) is 0.706. The summed E-state index contributed by atoms with van der Waals surface area (Å²) in [7, 11) is 0. The van der Waals surface area contributed by atoms with Gasteiger partial charge in [0.15, 0.2) is 0 Å². The van der Waals surface area contributed by atoms with E-state index in [1.807, 2.05) is 26.0 Å². The molecular formula is C15H23NO4. The molecule has 1 aromatic carbocycles. The third kappa shape index (κ3) is 7.76. The smallest absolute Gasteiger partial charge is 0.221 e. The molecule has 0 spiro atoms. The van der Waals surface area contributed by atoms with Gasteiger partial charge in [0.05, 0.1) is 25.9 Å². The molecule has 0 unspecified atom stereocenters. The number of hydrogen-bond donors (Lipinski definition) is 1. The van der Waals surface area contributed by atoms with Gasteiger partial charge in [-0.05, 0) is 38.1 Å². The van der Waals surface area contributed by atoms with Crippen LogP contribution in [-0.2, 0) is 14.3 Å². The first-order valence-corrected chi connectivity index (χ1v) is 6.77. The fraction of sp³-hybridized carbons (Fsp3) is 0.533. The monoisotopic (exact) mass is 281 g/mol. The van der Waals surface area contributed by atoms with Crippen molar-refractivity contribution in [3.05, 3.63) is 24.3 Å². The Morgan fingerprint density at radius 3 is 2.35 bits per heavy atom. The van der Waals surface area contributed by atoms with E-state index in [0.717, 1.165) is 11.4 Å². The van der Waals surface area contributed by atoms with Gasteiger partial charge in [-0.25, -0.2) is 0 Å². The van der Waals surface area contributed by atoms with Crippen LogP contribution in [-0.4, -0.2) is 38.4 Å². The zero-order valence-corrected chi connectivity index (χ0v) is 12.3. The van der Waals surface area contributed by atoms with E-state index in [1.54, 1.807) is 12.1 Å². The highest BCUT2D eigenvalue weighted by Crippen LogP contribution is 2.15. The molecular weight excluding hydrogens is 258 g/mol. The normalized spacial score (nSPS) is 10.6. The lowest BCUT2D eigenvalue weighted by Crippen LogP contribution is -2.13. The molecule has 5 heteroatoms. The molecule has 0 bridgehead atoms. The van der Waals surface area contributed by atoms with E-state index in [9.17, 15) is 4.79 Å². The van der Waals surface area contributed by atoms with Crippen LogP contribution < -0.4 is 10.1 Å². The summed E-state index contributed by atoms with van der Waals surface area (Å²) in [5.74, 6) is 0.664. The van der Waals surface area contributed by atoms with E-state index < -0.39 is 0 Å². The number of carbonyl (C=O) groups is 1. The highest BCUT2D eigenvalue weighted by molar-refractivity contribution is 5.88. The van der Waals surface area contributed by atoms with Gasteiger partial charge in [0.25, 0.3) is 0 Å². The molecule has 0 aliphatic rings. The molecule has 5 nitrogen and oxygen atoms in total. The Bertz CT molecular complexity index is 389. The molecule has 1 rings (SSSR count). The van der Waals surface area contributed by atoms with Crippen LogP contribution in [0.3, 0.4) is 0 Å². The number of benzene rings is 1. The molecule has 0 atom stereocenters. The van der Waals surface area contributed by atoms with Crippen LogP contribution in [0.5, 0.6) is 5.75 Å². The van der Waals surface area contributed by atoms with Gasteiger partial charge < -0.3 is 19.5 Å². The van der Waals surface area contributed by atoms with Crippen LogP contribution >= 0.6 is 0 Å². The predicted octanol–water partition coefficient (Wildman–Crippen LogP) is 2.47. The molecule has 112 valence electrons. The second-order valence-corrected chi connectivity index (χ2v) is 4.59. The van der Waals surface area contributed by atoms with Crippen molar-refractivity contribution in [3.8, 4) is 5.75 Å². The lowest BCUT2D eigenvalue weighted by atomic mass is 10.3. The Labute approximate surface area is 120 Å². The van der Waals surface area contributed by atoms with Crippen molar-refractivity contribution in [2.75, 3.05) is 31.7 Å². The van der Waals surface area contributed by atoms with Gasteiger partial charge in [0.2, 0.25) is 5.91 Å². The SMILES string of the molecule is CC(=O)Nc1ccc(OCCOCCOC(C)C)cc1. The Morgan fingerprint density at radius 2 is 1.75 bits per heavy atom. The number of carbonyl (C=O) groups excluding carboxylic acids is 1. The fourth-order valence-electron chi connectivity index (χ4n) is 1.50. The Hall–Kier alpha value is -1.59. The van der Waals surface area contributed by atoms with E-state index in [-0.39, 0.29) is 12.0 Å². The van der Waals surface area contributed by atoms with Crippen LogP contribution in [0.15, 0.2) is 24.3 Å². The molecule has 1 amide bonds. The van der Waals surface area contributed by atoms with Crippen molar-refractivity contribution in [2.24, 2.45) is 0 Å². The molecule has 0 aromatic heterocycles. The van der Waals surface area contributed by atoms with Crippen LogP contribution in [0.4, 0.5) is 5.69 Å². The predicted molar refractivity (Wildman–Crippen MR) is 78.1 cm³/mol. The Morgan fingerprint density at radius 1 is 1.10 bits per heavy atom. The number of anilines is 1. The molecule has 0 radical (unpaired) electrons. The highest BCUT2D eigenvalue weighted by Gasteiger charge is 1.98. The molecule has 0 saturated heterocycles. The Balaban J connectivity index is 2.11.